The predicted molar refractivity (Wildman–Crippen MR) is 97.6 cm³/mol. The van der Waals surface area contributed by atoms with Gasteiger partial charge in [-0.1, -0.05) is 11.6 Å². The fourth-order valence-corrected chi connectivity index (χ4v) is 2.81. The summed E-state index contributed by atoms with van der Waals surface area (Å²) in [7, 11) is 0. The first-order valence-corrected chi connectivity index (χ1v) is 7.28. The lowest BCUT2D eigenvalue weighted by molar-refractivity contribution is 0.453. The summed E-state index contributed by atoms with van der Waals surface area (Å²) in [5.41, 5.74) is 9.32. The molecule has 1 saturated heterocycles. The third kappa shape index (κ3) is 4.47. The number of rotatable bonds is 2. The van der Waals surface area contributed by atoms with Crippen molar-refractivity contribution in [1.82, 2.24) is 15.3 Å². The van der Waals surface area contributed by atoms with Gasteiger partial charge in [-0.3, -0.25) is 0 Å². The molecule has 0 aliphatic carbocycles. The highest BCUT2D eigenvalue weighted by atomic mass is 35.5. The number of nitrogens with one attached hydrogen (secondary N) is 1. The van der Waals surface area contributed by atoms with Crippen molar-refractivity contribution in [2.75, 3.05) is 18.8 Å². The number of halogens is 2. The van der Waals surface area contributed by atoms with Gasteiger partial charge in [0.2, 0.25) is 5.95 Å². The van der Waals surface area contributed by atoms with Crippen molar-refractivity contribution in [3.05, 3.63) is 35.5 Å². The van der Waals surface area contributed by atoms with E-state index < -0.39 is 0 Å². The van der Waals surface area contributed by atoms with Crippen LogP contribution in [-0.2, 0) is 0 Å². The zero-order valence-corrected chi connectivity index (χ0v) is 14.6. The first-order chi connectivity index (χ1) is 10.1. The van der Waals surface area contributed by atoms with Gasteiger partial charge in [-0.25, -0.2) is 9.97 Å². The molecule has 0 saturated carbocycles. The molecule has 2 heterocycles. The van der Waals surface area contributed by atoms with Gasteiger partial charge in [0.1, 0.15) is 5.75 Å². The molecular formula is C16H22Cl2N4O. The van der Waals surface area contributed by atoms with Crippen LogP contribution in [0.15, 0.2) is 24.3 Å². The van der Waals surface area contributed by atoms with Crippen LogP contribution >= 0.6 is 24.8 Å². The zero-order chi connectivity index (χ0) is 14.8. The highest BCUT2D eigenvalue weighted by Gasteiger charge is 2.19. The molecular weight excluding hydrogens is 335 g/mol. The molecule has 1 aromatic heterocycles. The summed E-state index contributed by atoms with van der Waals surface area (Å²) in [4.78, 5) is 8.68. The summed E-state index contributed by atoms with van der Waals surface area (Å²) in [5.74, 6) is 0.888. The molecule has 0 bridgehead atoms. The molecule has 0 spiro atoms. The first kappa shape index (κ1) is 19.5. The van der Waals surface area contributed by atoms with Gasteiger partial charge in [-0.05, 0) is 51.1 Å². The van der Waals surface area contributed by atoms with Gasteiger partial charge in [0.05, 0.1) is 5.69 Å². The maximum absolute atomic E-state index is 10.1. The number of aryl methyl sites for hydroxylation is 1. The Morgan fingerprint density at radius 3 is 2.52 bits per heavy atom. The number of aromatic nitrogens is 2. The Kier molecular flexibility index (Phi) is 7.06. The predicted octanol–water partition coefficient (Wildman–Crippen LogP) is 3.05. The number of nitrogens with zero attached hydrogens (tertiary/aromatic N) is 2. The molecule has 5 nitrogen and oxygen atoms in total. The molecule has 7 heteroatoms. The van der Waals surface area contributed by atoms with Crippen LogP contribution in [0.3, 0.4) is 0 Å². The Morgan fingerprint density at radius 1 is 1.13 bits per heavy atom. The van der Waals surface area contributed by atoms with Crippen LogP contribution in [0, 0.1) is 6.92 Å². The molecule has 2 aromatic rings. The number of hydrogen-bond donors (Lipinski definition) is 3. The van der Waals surface area contributed by atoms with Crippen molar-refractivity contribution < 1.29 is 5.11 Å². The van der Waals surface area contributed by atoms with Gasteiger partial charge in [0.25, 0.3) is 0 Å². The number of benzene rings is 1. The minimum atomic E-state index is 0. The monoisotopic (exact) mass is 356 g/mol. The molecule has 0 radical (unpaired) electrons. The second-order valence-electron chi connectivity index (χ2n) is 5.58. The number of phenolic OH excluding ortho intramolecular Hbond substituents is 1. The lowest BCUT2D eigenvalue weighted by atomic mass is 9.93. The number of aromatic hydroxyl groups is 1. The van der Waals surface area contributed by atoms with Gasteiger partial charge in [-0.15, -0.1) is 24.8 Å². The van der Waals surface area contributed by atoms with Crippen molar-refractivity contribution in [3.8, 4) is 17.0 Å². The zero-order valence-electron chi connectivity index (χ0n) is 13.0. The average Bonchev–Trinajstić information content (AvgIpc) is 2.50. The van der Waals surface area contributed by atoms with Gasteiger partial charge < -0.3 is 16.2 Å². The van der Waals surface area contributed by atoms with E-state index in [1.165, 1.54) is 0 Å². The van der Waals surface area contributed by atoms with Crippen molar-refractivity contribution >= 4 is 30.8 Å². The topological polar surface area (TPSA) is 84.1 Å². The molecule has 1 fully saturated rings. The van der Waals surface area contributed by atoms with E-state index in [0.29, 0.717) is 17.2 Å². The smallest absolute Gasteiger partial charge is 0.220 e. The van der Waals surface area contributed by atoms with E-state index >= 15 is 0 Å². The van der Waals surface area contributed by atoms with E-state index in [4.69, 9.17) is 5.73 Å². The Balaban J connectivity index is 0.00000132. The van der Waals surface area contributed by atoms with Gasteiger partial charge >= 0.3 is 0 Å². The fraction of sp³-hybridized carbons (Fsp3) is 0.375. The Morgan fingerprint density at radius 2 is 1.83 bits per heavy atom. The van der Waals surface area contributed by atoms with E-state index in [0.717, 1.165) is 37.2 Å². The van der Waals surface area contributed by atoms with Crippen LogP contribution in [0.25, 0.3) is 11.3 Å². The van der Waals surface area contributed by atoms with E-state index in [9.17, 15) is 5.11 Å². The summed E-state index contributed by atoms with van der Waals surface area (Å²) in [5, 5.41) is 13.4. The van der Waals surface area contributed by atoms with Crippen molar-refractivity contribution in [2.24, 2.45) is 0 Å². The lowest BCUT2D eigenvalue weighted by Gasteiger charge is -2.22. The highest BCUT2D eigenvalue weighted by molar-refractivity contribution is 5.85. The van der Waals surface area contributed by atoms with Crippen molar-refractivity contribution in [1.29, 1.82) is 0 Å². The standard InChI is InChI=1S/C16H20N4O.2ClH/c1-10-2-3-15(21)12(8-10)14-9-13(19-16(17)20-14)11-4-6-18-7-5-11;;/h2-3,8-9,11,18,21H,4-7H2,1H3,(H2,17,19,20);2*1H. The van der Waals surface area contributed by atoms with Crippen LogP contribution in [0.4, 0.5) is 5.95 Å². The van der Waals surface area contributed by atoms with Gasteiger partial charge in [0.15, 0.2) is 0 Å². The first-order valence-electron chi connectivity index (χ1n) is 7.28. The minimum Gasteiger partial charge on any atom is -0.507 e. The minimum absolute atomic E-state index is 0. The second kappa shape index (κ2) is 8.34. The molecule has 0 amide bonds. The summed E-state index contributed by atoms with van der Waals surface area (Å²) < 4.78 is 0. The molecule has 1 aliphatic rings. The molecule has 3 rings (SSSR count). The SMILES string of the molecule is Cc1ccc(O)c(-c2cc(C3CCNCC3)nc(N)n2)c1.Cl.Cl. The number of hydrogen-bond acceptors (Lipinski definition) is 5. The van der Waals surface area contributed by atoms with Crippen LogP contribution in [0.2, 0.25) is 0 Å². The van der Waals surface area contributed by atoms with E-state index in [1.807, 2.05) is 25.1 Å². The van der Waals surface area contributed by atoms with Gasteiger partial charge in [-0.2, -0.15) is 0 Å². The Labute approximate surface area is 148 Å². The summed E-state index contributed by atoms with van der Waals surface area (Å²) >= 11 is 0. The molecule has 23 heavy (non-hydrogen) atoms. The van der Waals surface area contributed by atoms with Crippen LogP contribution < -0.4 is 11.1 Å². The number of piperidine rings is 1. The lowest BCUT2D eigenvalue weighted by Crippen LogP contribution is -2.27. The maximum Gasteiger partial charge on any atom is 0.220 e. The van der Waals surface area contributed by atoms with Gasteiger partial charge in [0, 0.05) is 17.2 Å². The Bertz CT molecular complexity index is 661. The third-order valence-corrected chi connectivity index (χ3v) is 3.95. The van der Waals surface area contributed by atoms with E-state index in [1.54, 1.807) is 6.07 Å². The number of nitrogens with two attached hydrogens (primary N) is 1. The van der Waals surface area contributed by atoms with E-state index in [-0.39, 0.29) is 36.5 Å². The van der Waals surface area contributed by atoms with Crippen molar-refractivity contribution in [3.63, 3.8) is 0 Å². The van der Waals surface area contributed by atoms with Crippen molar-refractivity contribution in [2.45, 2.75) is 25.7 Å². The summed E-state index contributed by atoms with van der Waals surface area (Å²) in [6.45, 7) is 3.99. The number of anilines is 1. The molecule has 126 valence electrons. The molecule has 4 N–H and O–H groups in total. The molecule has 1 aromatic carbocycles. The van der Waals surface area contributed by atoms with E-state index in [2.05, 4.69) is 15.3 Å². The van der Waals surface area contributed by atoms with Crippen LogP contribution in [0.5, 0.6) is 5.75 Å². The maximum atomic E-state index is 10.1. The highest BCUT2D eigenvalue weighted by Crippen LogP contribution is 2.32. The number of nitrogen functional groups attached to an aromatic ring is 1. The Hall–Kier alpha value is -1.56. The normalized spacial score (nSPS) is 14.7. The summed E-state index contributed by atoms with van der Waals surface area (Å²) in [6.07, 6.45) is 2.10. The van der Waals surface area contributed by atoms with Crippen LogP contribution in [-0.4, -0.2) is 28.2 Å². The summed E-state index contributed by atoms with van der Waals surface area (Å²) in [6, 6.07) is 7.44. The fourth-order valence-electron chi connectivity index (χ4n) is 2.81. The second-order valence-corrected chi connectivity index (χ2v) is 5.58. The molecule has 0 atom stereocenters. The quantitative estimate of drug-likeness (QED) is 0.769. The molecule has 1 aliphatic heterocycles. The third-order valence-electron chi connectivity index (χ3n) is 3.95. The van der Waals surface area contributed by atoms with Crippen LogP contribution in [0.1, 0.15) is 30.0 Å². The molecule has 0 unspecified atom stereocenters. The largest absolute Gasteiger partial charge is 0.507 e. The average molecular weight is 357 g/mol. The number of phenols is 1.